The number of hydrogen-bond donors (Lipinski definition) is 2. The van der Waals surface area contributed by atoms with Gasteiger partial charge in [0.05, 0.1) is 0 Å². The minimum absolute atomic E-state index is 1.32. The summed E-state index contributed by atoms with van der Waals surface area (Å²) in [6.45, 7) is 4.46. The van der Waals surface area contributed by atoms with Gasteiger partial charge in [0.2, 0.25) is 0 Å². The molecule has 0 saturated heterocycles. The molecule has 0 aromatic rings. The molecule has 0 heterocycles. The molecule has 7 heteroatoms. The van der Waals surface area contributed by atoms with Crippen LogP contribution >= 0.6 is 45.2 Å². The van der Waals surface area contributed by atoms with Gasteiger partial charge in [0.1, 0.15) is 0 Å². The summed E-state index contributed by atoms with van der Waals surface area (Å²) in [7, 11) is -4.67. The Morgan fingerprint density at radius 3 is 1.12 bits per heavy atom. The van der Waals surface area contributed by atoms with Crippen molar-refractivity contribution < 1.29 is 17.5 Å². The smallest absolute Gasteiger partial charge is 0.264 e. The molecule has 0 rings (SSSR count). The van der Waals surface area contributed by atoms with Gasteiger partial charge >= 0.3 is 10.4 Å². The summed E-state index contributed by atoms with van der Waals surface area (Å²) >= 11 is 4.82. The summed E-state index contributed by atoms with van der Waals surface area (Å²) in [4.78, 5) is 0. The lowest BCUT2D eigenvalue weighted by molar-refractivity contribution is 0.381. The van der Waals surface area contributed by atoms with Crippen LogP contribution in [0.5, 0.6) is 0 Å². The largest absolute Gasteiger partial charge is 0.394 e. The second-order valence-electron chi connectivity index (χ2n) is 3.24. The molecule has 0 aliphatic carbocycles. The SMILES string of the molecule is CCCCCI.CCCCCI.O=S(=O)(O)O. The zero-order chi connectivity index (χ0) is 14.2. The maximum absolute atomic E-state index is 8.74. The standard InChI is InChI=1S/2C5H11I.H2O4S/c2*1-2-3-4-5-6;1-5(2,3)4/h2*2-5H2,1H3;(H2,1,2,3,4). The molecule has 4 nitrogen and oxygen atoms in total. The number of hydrogen-bond acceptors (Lipinski definition) is 2. The van der Waals surface area contributed by atoms with E-state index in [0.29, 0.717) is 0 Å². The van der Waals surface area contributed by atoms with Gasteiger partial charge in [-0.25, -0.2) is 0 Å². The van der Waals surface area contributed by atoms with E-state index in [1.807, 2.05) is 0 Å². The summed E-state index contributed by atoms with van der Waals surface area (Å²) in [6, 6.07) is 0. The molecule has 0 unspecified atom stereocenters. The fourth-order valence-electron chi connectivity index (χ4n) is 0.689. The molecule has 0 bridgehead atoms. The average molecular weight is 494 g/mol. The maximum atomic E-state index is 8.74. The van der Waals surface area contributed by atoms with E-state index in [0.717, 1.165) is 0 Å². The summed E-state index contributed by atoms with van der Waals surface area (Å²) < 4.78 is 34.2. The molecule has 0 amide bonds. The highest BCUT2D eigenvalue weighted by atomic mass is 127. The maximum Gasteiger partial charge on any atom is 0.394 e. The van der Waals surface area contributed by atoms with Crippen molar-refractivity contribution in [3.8, 4) is 0 Å². The van der Waals surface area contributed by atoms with Crippen molar-refractivity contribution in [1.82, 2.24) is 0 Å². The number of unbranched alkanes of at least 4 members (excludes halogenated alkanes) is 4. The predicted octanol–water partition coefficient (Wildman–Crippen LogP) is 4.57. The second kappa shape index (κ2) is 19.7. The topological polar surface area (TPSA) is 74.6 Å². The average Bonchev–Trinajstić information content (AvgIpc) is 2.22. The highest BCUT2D eigenvalue weighted by molar-refractivity contribution is 14.1. The molecular formula is C10H24I2O4S. The van der Waals surface area contributed by atoms with Gasteiger partial charge in [-0.1, -0.05) is 84.7 Å². The second-order valence-corrected chi connectivity index (χ2v) is 6.29. The zero-order valence-electron chi connectivity index (χ0n) is 10.5. The Morgan fingerprint density at radius 1 is 0.824 bits per heavy atom. The molecule has 0 atom stereocenters. The molecule has 108 valence electrons. The van der Waals surface area contributed by atoms with E-state index in [1.165, 1.54) is 47.4 Å². The van der Waals surface area contributed by atoms with Crippen LogP contribution < -0.4 is 0 Å². The van der Waals surface area contributed by atoms with Crippen molar-refractivity contribution >= 4 is 55.6 Å². The molecule has 0 aliphatic heterocycles. The summed E-state index contributed by atoms with van der Waals surface area (Å²) in [5.41, 5.74) is 0. The molecular weight excluding hydrogens is 470 g/mol. The van der Waals surface area contributed by atoms with Gasteiger partial charge in [-0.3, -0.25) is 9.11 Å². The van der Waals surface area contributed by atoms with Crippen LogP contribution in [0, 0.1) is 0 Å². The van der Waals surface area contributed by atoms with Crippen LogP contribution in [0.1, 0.15) is 52.4 Å². The minimum atomic E-state index is -4.67. The highest BCUT2D eigenvalue weighted by Crippen LogP contribution is 1.96. The normalized spacial score (nSPS) is 9.76. The lowest BCUT2D eigenvalue weighted by Crippen LogP contribution is -1.89. The first-order valence-corrected chi connectivity index (χ1v) is 10.1. The van der Waals surface area contributed by atoms with E-state index in [2.05, 4.69) is 59.0 Å². The highest BCUT2D eigenvalue weighted by Gasteiger charge is 1.84. The molecule has 0 spiro atoms. The van der Waals surface area contributed by atoms with Crippen LogP contribution in [0.3, 0.4) is 0 Å². The number of halogens is 2. The van der Waals surface area contributed by atoms with Crippen LogP contribution in [0.15, 0.2) is 0 Å². The Hall–Kier alpha value is 1.33. The van der Waals surface area contributed by atoms with Crippen LogP contribution in [0.2, 0.25) is 0 Å². The van der Waals surface area contributed by atoms with Gasteiger partial charge in [0.25, 0.3) is 0 Å². The van der Waals surface area contributed by atoms with Crippen molar-refractivity contribution in [2.75, 3.05) is 8.86 Å². The first-order valence-electron chi connectivity index (χ1n) is 5.65. The van der Waals surface area contributed by atoms with Crippen molar-refractivity contribution in [3.63, 3.8) is 0 Å². The Balaban J connectivity index is -0.000000174. The van der Waals surface area contributed by atoms with Crippen LogP contribution in [0.4, 0.5) is 0 Å². The van der Waals surface area contributed by atoms with Crippen LogP contribution in [-0.2, 0) is 10.4 Å². The third-order valence-electron chi connectivity index (χ3n) is 1.47. The quantitative estimate of drug-likeness (QED) is 0.246. The van der Waals surface area contributed by atoms with E-state index in [9.17, 15) is 0 Å². The summed E-state index contributed by atoms with van der Waals surface area (Å²) in [6.07, 6.45) is 8.31. The summed E-state index contributed by atoms with van der Waals surface area (Å²) in [5, 5.41) is 0. The number of alkyl halides is 2. The third kappa shape index (κ3) is 75.8. The van der Waals surface area contributed by atoms with Crippen molar-refractivity contribution in [1.29, 1.82) is 0 Å². The predicted molar refractivity (Wildman–Crippen MR) is 91.0 cm³/mol. The zero-order valence-corrected chi connectivity index (χ0v) is 15.7. The van der Waals surface area contributed by atoms with Crippen molar-refractivity contribution in [2.45, 2.75) is 52.4 Å². The molecule has 0 aromatic carbocycles. The Bertz CT molecular complexity index is 184. The molecule has 2 N–H and O–H groups in total. The first kappa shape index (κ1) is 23.4. The van der Waals surface area contributed by atoms with Gasteiger partial charge in [0.15, 0.2) is 0 Å². The Morgan fingerprint density at radius 2 is 1.06 bits per heavy atom. The van der Waals surface area contributed by atoms with Crippen LogP contribution in [0.25, 0.3) is 0 Å². The van der Waals surface area contributed by atoms with Gasteiger partial charge in [0, 0.05) is 0 Å². The van der Waals surface area contributed by atoms with Gasteiger partial charge in [-0.2, -0.15) is 8.42 Å². The van der Waals surface area contributed by atoms with Crippen LogP contribution in [-0.4, -0.2) is 26.4 Å². The summed E-state index contributed by atoms with van der Waals surface area (Å²) in [5.74, 6) is 0. The molecule has 0 fully saturated rings. The molecule has 17 heavy (non-hydrogen) atoms. The Kier molecular flexibility index (Phi) is 27.1. The molecule has 0 saturated carbocycles. The van der Waals surface area contributed by atoms with Gasteiger partial charge in [-0.05, 0) is 21.7 Å². The van der Waals surface area contributed by atoms with E-state index < -0.39 is 10.4 Å². The lowest BCUT2D eigenvalue weighted by Gasteiger charge is -1.85. The Labute approximate surface area is 133 Å². The fraction of sp³-hybridized carbons (Fsp3) is 1.00. The lowest BCUT2D eigenvalue weighted by atomic mass is 10.3. The molecule has 0 aliphatic rings. The van der Waals surface area contributed by atoms with Gasteiger partial charge < -0.3 is 0 Å². The third-order valence-corrected chi connectivity index (χ3v) is 3.00. The number of rotatable bonds is 6. The van der Waals surface area contributed by atoms with Gasteiger partial charge in [-0.15, -0.1) is 0 Å². The first-order chi connectivity index (χ1) is 7.83. The van der Waals surface area contributed by atoms with E-state index in [1.54, 1.807) is 0 Å². The van der Waals surface area contributed by atoms with E-state index >= 15 is 0 Å². The molecule has 0 radical (unpaired) electrons. The van der Waals surface area contributed by atoms with Crippen molar-refractivity contribution in [3.05, 3.63) is 0 Å². The fourth-order valence-corrected chi connectivity index (χ4v) is 1.77. The minimum Gasteiger partial charge on any atom is -0.264 e. The monoisotopic (exact) mass is 494 g/mol. The van der Waals surface area contributed by atoms with Crippen molar-refractivity contribution in [2.24, 2.45) is 0 Å². The van der Waals surface area contributed by atoms with E-state index in [-0.39, 0.29) is 0 Å². The molecule has 0 aromatic heterocycles. The van der Waals surface area contributed by atoms with E-state index in [4.69, 9.17) is 17.5 Å².